The van der Waals surface area contributed by atoms with Crippen LogP contribution in [0.2, 0.25) is 0 Å². The molecule has 0 aliphatic rings. The molecule has 0 saturated carbocycles. The first-order valence-electron chi connectivity index (χ1n) is 5.27. The summed E-state index contributed by atoms with van der Waals surface area (Å²) in [6, 6.07) is 4.34. The minimum Gasteiger partial charge on any atom is -0.464 e. The molecule has 0 fully saturated rings. The van der Waals surface area contributed by atoms with E-state index >= 15 is 0 Å². The van der Waals surface area contributed by atoms with Crippen LogP contribution in [0, 0.1) is 5.82 Å². The lowest BCUT2D eigenvalue weighted by atomic mass is 10.2. The first-order valence-corrected chi connectivity index (χ1v) is 5.27. The molecule has 1 atom stereocenters. The Kier molecular flexibility index (Phi) is 4.63. The van der Waals surface area contributed by atoms with Crippen LogP contribution in [0.1, 0.15) is 24.2 Å². The molecular weight excluding hydrogens is 225 g/mol. The SMILES string of the molecule is CCOC(=O)C(C)NC(=O)c1ccc(F)cc1. The van der Waals surface area contributed by atoms with E-state index in [1.807, 2.05) is 0 Å². The zero-order chi connectivity index (χ0) is 12.8. The number of rotatable bonds is 4. The van der Waals surface area contributed by atoms with Gasteiger partial charge in [0.15, 0.2) is 0 Å². The third-order valence-electron chi connectivity index (χ3n) is 2.09. The van der Waals surface area contributed by atoms with Gasteiger partial charge in [-0.1, -0.05) is 0 Å². The van der Waals surface area contributed by atoms with Gasteiger partial charge in [0, 0.05) is 5.56 Å². The van der Waals surface area contributed by atoms with Crippen molar-refractivity contribution >= 4 is 11.9 Å². The summed E-state index contributed by atoms with van der Waals surface area (Å²) in [5.74, 6) is -1.35. The molecule has 5 heteroatoms. The van der Waals surface area contributed by atoms with Crippen molar-refractivity contribution in [2.75, 3.05) is 6.61 Å². The van der Waals surface area contributed by atoms with Crippen LogP contribution < -0.4 is 5.32 Å². The Bertz CT molecular complexity index is 403. The summed E-state index contributed by atoms with van der Waals surface area (Å²) in [5.41, 5.74) is 0.294. The maximum absolute atomic E-state index is 12.6. The van der Waals surface area contributed by atoms with E-state index in [1.54, 1.807) is 6.92 Å². The molecule has 1 aromatic carbocycles. The maximum Gasteiger partial charge on any atom is 0.328 e. The van der Waals surface area contributed by atoms with Crippen molar-refractivity contribution in [2.24, 2.45) is 0 Å². The van der Waals surface area contributed by atoms with E-state index in [2.05, 4.69) is 5.32 Å². The highest BCUT2D eigenvalue weighted by Crippen LogP contribution is 2.03. The summed E-state index contributed by atoms with van der Waals surface area (Å²) in [6.45, 7) is 3.47. The van der Waals surface area contributed by atoms with Crippen molar-refractivity contribution in [1.82, 2.24) is 5.32 Å². The highest BCUT2D eigenvalue weighted by atomic mass is 19.1. The number of carbonyl (C=O) groups is 2. The maximum atomic E-state index is 12.6. The van der Waals surface area contributed by atoms with Crippen molar-refractivity contribution < 1.29 is 18.7 Å². The topological polar surface area (TPSA) is 55.4 Å². The standard InChI is InChI=1S/C12H14FNO3/c1-3-17-12(16)8(2)14-11(15)9-4-6-10(13)7-5-9/h4-8H,3H2,1-2H3,(H,14,15). The van der Waals surface area contributed by atoms with Gasteiger partial charge in [-0.15, -0.1) is 0 Å². The summed E-state index contributed by atoms with van der Waals surface area (Å²) < 4.78 is 17.4. The number of hydrogen-bond donors (Lipinski definition) is 1. The van der Waals surface area contributed by atoms with E-state index in [9.17, 15) is 14.0 Å². The average Bonchev–Trinajstić information content (AvgIpc) is 2.30. The van der Waals surface area contributed by atoms with Crippen LogP contribution in [0.25, 0.3) is 0 Å². The fraction of sp³-hybridized carbons (Fsp3) is 0.333. The van der Waals surface area contributed by atoms with Crippen LogP contribution in [-0.4, -0.2) is 24.5 Å². The number of hydrogen-bond acceptors (Lipinski definition) is 3. The third-order valence-corrected chi connectivity index (χ3v) is 2.09. The van der Waals surface area contributed by atoms with Gasteiger partial charge in [0.2, 0.25) is 0 Å². The van der Waals surface area contributed by atoms with Gasteiger partial charge in [-0.2, -0.15) is 0 Å². The first kappa shape index (κ1) is 13.2. The molecule has 1 amide bonds. The van der Waals surface area contributed by atoms with Crippen LogP contribution in [0.5, 0.6) is 0 Å². The molecule has 0 heterocycles. The predicted octanol–water partition coefficient (Wildman–Crippen LogP) is 1.51. The monoisotopic (exact) mass is 239 g/mol. The highest BCUT2D eigenvalue weighted by molar-refractivity contribution is 5.96. The van der Waals surface area contributed by atoms with Crippen LogP contribution >= 0.6 is 0 Å². The fourth-order valence-corrected chi connectivity index (χ4v) is 1.21. The van der Waals surface area contributed by atoms with Crippen LogP contribution in [0.4, 0.5) is 4.39 Å². The van der Waals surface area contributed by atoms with Gasteiger partial charge in [0.05, 0.1) is 6.61 Å². The molecule has 0 saturated heterocycles. The van der Waals surface area contributed by atoms with Crippen LogP contribution in [0.15, 0.2) is 24.3 Å². The zero-order valence-electron chi connectivity index (χ0n) is 9.70. The molecule has 17 heavy (non-hydrogen) atoms. The first-order chi connectivity index (χ1) is 8.04. The van der Waals surface area contributed by atoms with Gasteiger partial charge in [-0.05, 0) is 38.1 Å². The zero-order valence-corrected chi connectivity index (χ0v) is 9.70. The van der Waals surface area contributed by atoms with Crippen molar-refractivity contribution in [1.29, 1.82) is 0 Å². The van der Waals surface area contributed by atoms with Gasteiger partial charge in [0.25, 0.3) is 5.91 Å². The number of benzene rings is 1. The Morgan fingerprint density at radius 2 is 1.94 bits per heavy atom. The molecule has 0 aliphatic heterocycles. The summed E-state index contributed by atoms with van der Waals surface area (Å²) >= 11 is 0. The molecule has 0 bridgehead atoms. The third kappa shape index (κ3) is 3.86. The second-order valence-electron chi connectivity index (χ2n) is 3.45. The van der Waals surface area contributed by atoms with Gasteiger partial charge in [-0.25, -0.2) is 9.18 Å². The lowest BCUT2D eigenvalue weighted by Gasteiger charge is -2.12. The van der Waals surface area contributed by atoms with Crippen molar-refractivity contribution in [2.45, 2.75) is 19.9 Å². The van der Waals surface area contributed by atoms with Crippen LogP contribution in [-0.2, 0) is 9.53 Å². The molecule has 92 valence electrons. The molecule has 4 nitrogen and oxygen atoms in total. The van der Waals surface area contributed by atoms with Crippen molar-refractivity contribution in [3.05, 3.63) is 35.6 Å². The molecular formula is C12H14FNO3. The molecule has 0 spiro atoms. The molecule has 0 radical (unpaired) electrons. The van der Waals surface area contributed by atoms with Gasteiger partial charge >= 0.3 is 5.97 Å². The summed E-state index contributed by atoms with van der Waals surface area (Å²) in [6.07, 6.45) is 0. The average molecular weight is 239 g/mol. The quantitative estimate of drug-likeness (QED) is 0.810. The van der Waals surface area contributed by atoms with Crippen molar-refractivity contribution in [3.8, 4) is 0 Å². The Balaban J connectivity index is 2.60. The lowest BCUT2D eigenvalue weighted by Crippen LogP contribution is -2.39. The predicted molar refractivity (Wildman–Crippen MR) is 60.0 cm³/mol. The van der Waals surface area contributed by atoms with Gasteiger partial charge in [0.1, 0.15) is 11.9 Å². The molecule has 0 aliphatic carbocycles. The van der Waals surface area contributed by atoms with E-state index in [-0.39, 0.29) is 6.61 Å². The number of nitrogens with one attached hydrogen (secondary N) is 1. The number of carbonyl (C=O) groups excluding carboxylic acids is 2. The lowest BCUT2D eigenvalue weighted by molar-refractivity contribution is -0.144. The summed E-state index contributed by atoms with van der Waals surface area (Å²) in [5, 5.41) is 2.46. The van der Waals surface area contributed by atoms with E-state index in [0.717, 1.165) is 0 Å². The van der Waals surface area contributed by atoms with Crippen LogP contribution in [0.3, 0.4) is 0 Å². The molecule has 1 N–H and O–H groups in total. The van der Waals surface area contributed by atoms with E-state index in [1.165, 1.54) is 31.2 Å². The highest BCUT2D eigenvalue weighted by Gasteiger charge is 2.17. The Morgan fingerprint density at radius 1 is 1.35 bits per heavy atom. The smallest absolute Gasteiger partial charge is 0.328 e. The molecule has 0 aromatic heterocycles. The Hall–Kier alpha value is -1.91. The molecule has 1 unspecified atom stereocenters. The normalized spacial score (nSPS) is 11.7. The molecule has 1 aromatic rings. The summed E-state index contributed by atoms with van der Waals surface area (Å²) in [4.78, 5) is 22.9. The minimum absolute atomic E-state index is 0.260. The molecule has 1 rings (SSSR count). The fourth-order valence-electron chi connectivity index (χ4n) is 1.21. The van der Waals surface area contributed by atoms with Gasteiger partial charge in [-0.3, -0.25) is 4.79 Å². The number of ether oxygens (including phenoxy) is 1. The second kappa shape index (κ2) is 5.98. The summed E-state index contributed by atoms with van der Waals surface area (Å²) in [7, 11) is 0. The largest absolute Gasteiger partial charge is 0.464 e. The van der Waals surface area contributed by atoms with Gasteiger partial charge < -0.3 is 10.1 Å². The van der Waals surface area contributed by atoms with E-state index < -0.39 is 23.7 Å². The van der Waals surface area contributed by atoms with E-state index in [0.29, 0.717) is 5.56 Å². The number of esters is 1. The van der Waals surface area contributed by atoms with E-state index in [4.69, 9.17) is 4.74 Å². The second-order valence-corrected chi connectivity index (χ2v) is 3.45. The number of halogens is 1. The van der Waals surface area contributed by atoms with Crippen molar-refractivity contribution in [3.63, 3.8) is 0 Å². The Labute approximate surface area is 98.8 Å². The minimum atomic E-state index is -0.729. The number of amides is 1. The Morgan fingerprint density at radius 3 is 2.47 bits per heavy atom.